The van der Waals surface area contributed by atoms with E-state index in [0.717, 1.165) is 17.2 Å². The van der Waals surface area contributed by atoms with Gasteiger partial charge in [0.2, 0.25) is 0 Å². The first kappa shape index (κ1) is 12.8. The largest absolute Gasteiger partial charge is 0.468 e. The van der Waals surface area contributed by atoms with Gasteiger partial charge >= 0.3 is 5.97 Å². The van der Waals surface area contributed by atoms with Crippen molar-refractivity contribution in [1.29, 1.82) is 0 Å². The molecule has 5 nitrogen and oxygen atoms in total. The number of esters is 1. The Morgan fingerprint density at radius 2 is 2.59 bits per heavy atom. The Balaban J connectivity index is 1.99. The minimum Gasteiger partial charge on any atom is -0.468 e. The van der Waals surface area contributed by atoms with Crippen molar-refractivity contribution in [3.05, 3.63) is 5.51 Å². The molecule has 94 valence electrons. The maximum atomic E-state index is 11.7. The lowest BCUT2D eigenvalue weighted by Crippen LogP contribution is -2.52. The molecule has 2 atom stereocenters. The molecule has 1 aliphatic rings. The van der Waals surface area contributed by atoms with Gasteiger partial charge in [-0.05, 0) is 25.7 Å². The summed E-state index contributed by atoms with van der Waals surface area (Å²) in [4.78, 5) is 11.7. The monoisotopic (exact) mass is 273 g/mol. The average Bonchev–Trinajstić information content (AvgIpc) is 2.81. The summed E-state index contributed by atoms with van der Waals surface area (Å²) in [6, 6.07) is 0. The van der Waals surface area contributed by atoms with Crippen molar-refractivity contribution < 1.29 is 9.53 Å². The maximum Gasteiger partial charge on any atom is 0.325 e. The highest BCUT2D eigenvalue weighted by molar-refractivity contribution is 8.01. The molecule has 1 heterocycles. The van der Waals surface area contributed by atoms with E-state index >= 15 is 0 Å². The van der Waals surface area contributed by atoms with Crippen LogP contribution in [0.25, 0.3) is 0 Å². The first-order valence-electron chi connectivity index (χ1n) is 5.44. The predicted octanol–water partition coefficient (Wildman–Crippen LogP) is 1.44. The summed E-state index contributed by atoms with van der Waals surface area (Å²) >= 11 is 3.17. The standard InChI is InChI=1S/C10H15N3O2S2/c1-15-8(14)10(11)4-2-3-7(5-10)17-9-13-12-6-16-9/h6-7H,2-5,11H2,1H3. The molecule has 2 N–H and O–H groups in total. The summed E-state index contributed by atoms with van der Waals surface area (Å²) in [7, 11) is 1.39. The Labute approximate surface area is 108 Å². The zero-order chi connectivity index (χ0) is 12.3. The molecule has 0 radical (unpaired) electrons. The number of methoxy groups -OCH3 is 1. The number of hydrogen-bond donors (Lipinski definition) is 1. The van der Waals surface area contributed by atoms with E-state index in [-0.39, 0.29) is 5.97 Å². The zero-order valence-corrected chi connectivity index (χ0v) is 11.2. The number of ether oxygens (including phenoxy) is 1. The van der Waals surface area contributed by atoms with Crippen LogP contribution in [0.2, 0.25) is 0 Å². The van der Waals surface area contributed by atoms with Gasteiger partial charge in [0.15, 0.2) is 4.34 Å². The summed E-state index contributed by atoms with van der Waals surface area (Å²) in [5.74, 6) is -0.305. The highest BCUT2D eigenvalue weighted by Gasteiger charge is 2.40. The van der Waals surface area contributed by atoms with E-state index in [9.17, 15) is 4.79 Å². The van der Waals surface area contributed by atoms with Gasteiger partial charge in [0.1, 0.15) is 11.0 Å². The molecule has 1 aliphatic carbocycles. The Bertz CT molecular complexity index is 385. The van der Waals surface area contributed by atoms with Crippen molar-refractivity contribution >= 4 is 29.1 Å². The molecule has 17 heavy (non-hydrogen) atoms. The summed E-state index contributed by atoms with van der Waals surface area (Å²) in [5.41, 5.74) is 7.00. The predicted molar refractivity (Wildman–Crippen MR) is 67.0 cm³/mol. The van der Waals surface area contributed by atoms with Crippen LogP contribution in [0, 0.1) is 0 Å². The summed E-state index contributed by atoms with van der Waals surface area (Å²) in [6.45, 7) is 0. The van der Waals surface area contributed by atoms with Gasteiger partial charge in [-0.2, -0.15) is 0 Å². The molecule has 7 heteroatoms. The first-order valence-corrected chi connectivity index (χ1v) is 7.20. The molecule has 0 saturated heterocycles. The summed E-state index contributed by atoms with van der Waals surface area (Å²) in [5, 5.41) is 8.12. The topological polar surface area (TPSA) is 78.1 Å². The molecular formula is C10H15N3O2S2. The van der Waals surface area contributed by atoms with E-state index in [1.54, 1.807) is 17.3 Å². The second-order valence-electron chi connectivity index (χ2n) is 4.19. The molecule has 1 fully saturated rings. The number of aromatic nitrogens is 2. The summed E-state index contributed by atoms with van der Waals surface area (Å²) < 4.78 is 5.71. The third-order valence-corrected chi connectivity index (χ3v) is 5.02. The van der Waals surface area contributed by atoms with Gasteiger partial charge in [0.25, 0.3) is 0 Å². The van der Waals surface area contributed by atoms with E-state index in [2.05, 4.69) is 10.2 Å². The summed E-state index contributed by atoms with van der Waals surface area (Å²) in [6.07, 6.45) is 3.35. The van der Waals surface area contributed by atoms with Crippen LogP contribution in [0.5, 0.6) is 0 Å². The van der Waals surface area contributed by atoms with Crippen LogP contribution in [0.3, 0.4) is 0 Å². The Morgan fingerprint density at radius 3 is 3.24 bits per heavy atom. The number of rotatable bonds is 3. The van der Waals surface area contributed by atoms with Gasteiger partial charge in [-0.3, -0.25) is 4.79 Å². The molecule has 2 rings (SSSR count). The van der Waals surface area contributed by atoms with Crippen LogP contribution in [-0.2, 0) is 9.53 Å². The van der Waals surface area contributed by atoms with Crippen molar-refractivity contribution in [1.82, 2.24) is 10.2 Å². The average molecular weight is 273 g/mol. The minimum absolute atomic E-state index is 0.305. The molecule has 0 spiro atoms. The van der Waals surface area contributed by atoms with Gasteiger partial charge < -0.3 is 10.5 Å². The number of carbonyl (C=O) groups is 1. The smallest absolute Gasteiger partial charge is 0.325 e. The highest BCUT2D eigenvalue weighted by atomic mass is 32.2. The highest BCUT2D eigenvalue weighted by Crippen LogP contribution is 2.38. The number of nitrogens with two attached hydrogens (primary N) is 1. The van der Waals surface area contributed by atoms with Gasteiger partial charge in [0.05, 0.1) is 7.11 Å². The molecule has 0 bridgehead atoms. The Hall–Kier alpha value is -0.660. The van der Waals surface area contributed by atoms with Crippen molar-refractivity contribution in [2.45, 2.75) is 40.8 Å². The fourth-order valence-corrected chi connectivity index (χ4v) is 4.18. The fourth-order valence-electron chi connectivity index (χ4n) is 2.10. The quantitative estimate of drug-likeness (QED) is 0.840. The van der Waals surface area contributed by atoms with Crippen LogP contribution in [0.15, 0.2) is 9.85 Å². The molecule has 0 aromatic carbocycles. The lowest BCUT2D eigenvalue weighted by Gasteiger charge is -2.34. The van der Waals surface area contributed by atoms with Crippen LogP contribution in [-0.4, -0.2) is 34.1 Å². The second kappa shape index (κ2) is 5.32. The van der Waals surface area contributed by atoms with Crippen molar-refractivity contribution in [2.24, 2.45) is 5.73 Å². The van der Waals surface area contributed by atoms with Crippen LogP contribution in [0.1, 0.15) is 25.7 Å². The number of nitrogens with zero attached hydrogens (tertiary/aromatic N) is 2. The zero-order valence-electron chi connectivity index (χ0n) is 9.59. The van der Waals surface area contributed by atoms with E-state index in [1.807, 2.05) is 0 Å². The lowest BCUT2D eigenvalue weighted by atomic mass is 9.82. The van der Waals surface area contributed by atoms with Crippen molar-refractivity contribution in [3.8, 4) is 0 Å². The van der Waals surface area contributed by atoms with E-state index in [1.165, 1.54) is 18.4 Å². The molecule has 2 unspecified atom stereocenters. The van der Waals surface area contributed by atoms with Crippen LogP contribution >= 0.6 is 23.1 Å². The molecular weight excluding hydrogens is 258 g/mol. The Morgan fingerprint density at radius 1 is 1.76 bits per heavy atom. The number of thioether (sulfide) groups is 1. The normalized spacial score (nSPS) is 28.9. The van der Waals surface area contributed by atoms with E-state index in [0.29, 0.717) is 18.1 Å². The molecule has 1 aromatic heterocycles. The lowest BCUT2D eigenvalue weighted by molar-refractivity contribution is -0.148. The van der Waals surface area contributed by atoms with Gasteiger partial charge in [-0.25, -0.2) is 0 Å². The van der Waals surface area contributed by atoms with Crippen LogP contribution in [0.4, 0.5) is 0 Å². The maximum absolute atomic E-state index is 11.7. The van der Waals surface area contributed by atoms with Gasteiger partial charge in [0, 0.05) is 5.25 Å². The van der Waals surface area contributed by atoms with Crippen LogP contribution < -0.4 is 5.73 Å². The van der Waals surface area contributed by atoms with Gasteiger partial charge in [-0.15, -0.1) is 10.2 Å². The third-order valence-electron chi connectivity index (χ3n) is 2.94. The van der Waals surface area contributed by atoms with E-state index in [4.69, 9.17) is 10.5 Å². The first-order chi connectivity index (χ1) is 8.14. The fraction of sp³-hybridized carbons (Fsp3) is 0.700. The van der Waals surface area contributed by atoms with Crippen molar-refractivity contribution in [2.75, 3.05) is 7.11 Å². The van der Waals surface area contributed by atoms with Crippen molar-refractivity contribution in [3.63, 3.8) is 0 Å². The number of carbonyl (C=O) groups excluding carboxylic acids is 1. The Kier molecular flexibility index (Phi) is 4.01. The third kappa shape index (κ3) is 2.97. The molecule has 0 amide bonds. The number of hydrogen-bond acceptors (Lipinski definition) is 7. The molecule has 1 saturated carbocycles. The SMILES string of the molecule is COC(=O)C1(N)CCCC(Sc2nncs2)C1. The molecule has 0 aliphatic heterocycles. The van der Waals surface area contributed by atoms with Gasteiger partial charge in [-0.1, -0.05) is 23.1 Å². The van der Waals surface area contributed by atoms with E-state index < -0.39 is 5.54 Å². The molecule has 1 aromatic rings. The minimum atomic E-state index is -0.824. The second-order valence-corrected chi connectivity index (χ2v) is 6.57.